The Morgan fingerprint density at radius 1 is 1.29 bits per heavy atom. The average molecular weight is 546 g/mol. The van der Waals surface area contributed by atoms with Crippen LogP contribution in [0.4, 0.5) is 0 Å². The fourth-order valence-corrected chi connectivity index (χ4v) is 4.21. The number of aromatic nitrogens is 1. The van der Waals surface area contributed by atoms with Crippen LogP contribution in [0.2, 0.25) is 0 Å². The maximum Gasteiger partial charge on any atom is 0.338 e. The molecule has 2 aromatic rings. The maximum absolute atomic E-state index is 11.8. The molecule has 0 unspecified atom stereocenters. The lowest BCUT2D eigenvalue weighted by molar-refractivity contribution is 0.0526. The summed E-state index contributed by atoms with van der Waals surface area (Å²) in [7, 11) is 0. The number of rotatable bonds is 8. The Morgan fingerprint density at radius 3 is 2.49 bits per heavy atom. The molecule has 190 valence electrons. The van der Waals surface area contributed by atoms with E-state index in [1.807, 2.05) is 25.1 Å². The van der Waals surface area contributed by atoms with Crippen molar-refractivity contribution in [1.29, 1.82) is 0 Å². The van der Waals surface area contributed by atoms with Gasteiger partial charge in [0, 0.05) is 5.69 Å². The fourth-order valence-electron chi connectivity index (χ4n) is 3.75. The number of halogens is 1. The number of nitrogens with one attached hydrogen (secondary N) is 1. The molecular formula is C28H37BrN2O4. The molecule has 0 amide bonds. The Kier molecular flexibility index (Phi) is 11.6. The summed E-state index contributed by atoms with van der Waals surface area (Å²) >= 11 is 3.45. The Hall–Kier alpha value is -2.48. The smallest absolute Gasteiger partial charge is 0.338 e. The molecule has 3 rings (SSSR count). The number of esters is 1. The molecule has 1 aromatic carbocycles. The summed E-state index contributed by atoms with van der Waals surface area (Å²) in [6, 6.07) is 9.11. The van der Waals surface area contributed by atoms with Gasteiger partial charge in [-0.1, -0.05) is 18.7 Å². The summed E-state index contributed by atoms with van der Waals surface area (Å²) in [4.78, 5) is 16.3. The van der Waals surface area contributed by atoms with Crippen LogP contribution in [0.5, 0.6) is 11.5 Å². The molecule has 1 aliphatic heterocycles. The van der Waals surface area contributed by atoms with Crippen molar-refractivity contribution in [3.63, 3.8) is 0 Å². The first-order valence-electron chi connectivity index (χ1n) is 12.0. The van der Waals surface area contributed by atoms with Crippen LogP contribution in [0.25, 0.3) is 0 Å². The van der Waals surface area contributed by atoms with Gasteiger partial charge in [-0.2, -0.15) is 0 Å². The zero-order valence-corrected chi connectivity index (χ0v) is 22.7. The normalized spacial score (nSPS) is 14.5. The van der Waals surface area contributed by atoms with Crippen molar-refractivity contribution < 1.29 is 19.4 Å². The summed E-state index contributed by atoms with van der Waals surface area (Å²) in [6.45, 7) is 13.3. The number of ether oxygens (including phenoxy) is 2. The Bertz CT molecular complexity index is 991. The van der Waals surface area contributed by atoms with Gasteiger partial charge in [-0.15, -0.1) is 0 Å². The van der Waals surface area contributed by atoms with Gasteiger partial charge >= 0.3 is 5.97 Å². The molecule has 0 saturated carbocycles. The Morgan fingerprint density at radius 2 is 2.00 bits per heavy atom. The largest absolute Gasteiger partial charge is 0.462 e. The highest BCUT2D eigenvalue weighted by Gasteiger charge is 2.15. The number of aliphatic hydroxyl groups is 1. The molecule has 1 saturated heterocycles. The number of benzene rings is 1. The molecule has 35 heavy (non-hydrogen) atoms. The second-order valence-corrected chi connectivity index (χ2v) is 9.71. The van der Waals surface area contributed by atoms with Gasteiger partial charge < -0.3 is 19.9 Å². The maximum atomic E-state index is 11.8. The highest BCUT2D eigenvalue weighted by Crippen LogP contribution is 2.31. The van der Waals surface area contributed by atoms with Crippen molar-refractivity contribution in [2.45, 2.75) is 52.6 Å². The quantitative estimate of drug-likeness (QED) is 0.302. The molecule has 1 aliphatic rings. The average Bonchev–Trinajstić information content (AvgIpc) is 2.83. The van der Waals surface area contributed by atoms with E-state index in [4.69, 9.17) is 9.47 Å². The van der Waals surface area contributed by atoms with Gasteiger partial charge in [0.2, 0.25) is 0 Å². The zero-order valence-electron chi connectivity index (χ0n) is 21.1. The van der Waals surface area contributed by atoms with Gasteiger partial charge in [-0.25, -0.2) is 4.79 Å². The van der Waals surface area contributed by atoms with E-state index in [1.54, 1.807) is 51.2 Å². The van der Waals surface area contributed by atoms with Crippen LogP contribution >= 0.6 is 15.9 Å². The number of hydrogen-bond donors (Lipinski definition) is 2. The van der Waals surface area contributed by atoms with E-state index < -0.39 is 5.60 Å². The van der Waals surface area contributed by atoms with E-state index in [9.17, 15) is 9.90 Å². The van der Waals surface area contributed by atoms with Gasteiger partial charge in [0.25, 0.3) is 0 Å². The molecule has 1 aromatic heterocycles. The third-order valence-electron chi connectivity index (χ3n) is 5.66. The van der Waals surface area contributed by atoms with Crippen molar-refractivity contribution in [2.75, 3.05) is 19.7 Å². The van der Waals surface area contributed by atoms with Gasteiger partial charge in [0.05, 0.1) is 28.4 Å². The second kappa shape index (κ2) is 14.2. The first kappa shape index (κ1) is 28.8. The number of pyridine rings is 1. The van der Waals surface area contributed by atoms with Crippen molar-refractivity contribution in [3.05, 3.63) is 76.6 Å². The third-order valence-corrected chi connectivity index (χ3v) is 6.28. The van der Waals surface area contributed by atoms with E-state index in [0.717, 1.165) is 30.8 Å². The number of nitrogens with zero attached hydrogens (tertiary/aromatic N) is 1. The molecule has 0 aliphatic carbocycles. The summed E-state index contributed by atoms with van der Waals surface area (Å²) in [5, 5.41) is 12.7. The first-order chi connectivity index (χ1) is 16.7. The van der Waals surface area contributed by atoms with Crippen LogP contribution in [-0.2, 0) is 11.2 Å². The van der Waals surface area contributed by atoms with Crippen molar-refractivity contribution in [3.8, 4) is 11.5 Å². The first-order valence-corrected chi connectivity index (χ1v) is 12.8. The standard InChI is InChI=1S/C20H23BrN2O3.C8H14O/c1-2-25-20(24)15-3-6-19(18(21)12-15)26-17-5-4-16(23-13-17)11-14-7-9-22-10-8-14;1-5-7(6-2)8(3,4)9/h3-6,12-14,22H,2,7-11H2,1H3;5-6,9H,1H2,2-4H3/b;7-6+. The molecule has 0 atom stereocenters. The summed E-state index contributed by atoms with van der Waals surface area (Å²) in [5.74, 6) is 1.67. The molecule has 0 spiro atoms. The monoisotopic (exact) mass is 544 g/mol. The minimum Gasteiger partial charge on any atom is -0.462 e. The van der Waals surface area contributed by atoms with Crippen LogP contribution in [0, 0.1) is 5.92 Å². The van der Waals surface area contributed by atoms with Crippen LogP contribution < -0.4 is 10.1 Å². The van der Waals surface area contributed by atoms with Gasteiger partial charge in [0.15, 0.2) is 0 Å². The minimum atomic E-state index is -0.740. The molecule has 0 radical (unpaired) electrons. The predicted octanol–water partition coefficient (Wildman–Crippen LogP) is 6.24. The lowest BCUT2D eigenvalue weighted by atomic mass is 9.93. The van der Waals surface area contributed by atoms with Crippen molar-refractivity contribution in [2.24, 2.45) is 5.92 Å². The number of carbonyl (C=O) groups excluding carboxylic acids is 1. The van der Waals surface area contributed by atoms with E-state index in [0.29, 0.717) is 34.1 Å². The van der Waals surface area contributed by atoms with Crippen LogP contribution in [-0.4, -0.2) is 41.4 Å². The zero-order chi connectivity index (χ0) is 25.8. The molecular weight excluding hydrogens is 508 g/mol. The second-order valence-electron chi connectivity index (χ2n) is 8.86. The summed E-state index contributed by atoms with van der Waals surface area (Å²) < 4.78 is 11.6. The van der Waals surface area contributed by atoms with Crippen molar-refractivity contribution >= 4 is 21.9 Å². The van der Waals surface area contributed by atoms with E-state index in [-0.39, 0.29) is 5.97 Å². The number of allylic oxidation sites excluding steroid dienone is 1. The molecule has 6 nitrogen and oxygen atoms in total. The van der Waals surface area contributed by atoms with E-state index in [2.05, 4.69) is 32.8 Å². The highest BCUT2D eigenvalue weighted by molar-refractivity contribution is 9.10. The molecule has 7 heteroatoms. The van der Waals surface area contributed by atoms with Gasteiger partial charge in [-0.3, -0.25) is 4.98 Å². The number of piperidine rings is 1. The van der Waals surface area contributed by atoms with E-state index >= 15 is 0 Å². The lowest BCUT2D eigenvalue weighted by Gasteiger charge is -2.22. The fraction of sp³-hybridized carbons (Fsp3) is 0.429. The molecule has 0 bridgehead atoms. The molecule has 2 heterocycles. The van der Waals surface area contributed by atoms with Crippen LogP contribution in [0.15, 0.2) is 65.3 Å². The highest BCUT2D eigenvalue weighted by atomic mass is 79.9. The molecule has 2 N–H and O–H groups in total. The summed E-state index contributed by atoms with van der Waals surface area (Å²) in [6.07, 6.45) is 8.70. The third kappa shape index (κ3) is 9.59. The van der Waals surface area contributed by atoms with E-state index in [1.165, 1.54) is 12.8 Å². The van der Waals surface area contributed by atoms with Gasteiger partial charge in [-0.05, 0) is 118 Å². The van der Waals surface area contributed by atoms with Crippen LogP contribution in [0.1, 0.15) is 56.6 Å². The lowest BCUT2D eigenvalue weighted by Crippen LogP contribution is -2.28. The SMILES string of the molecule is C=C/C(=C\C)C(C)(C)O.CCOC(=O)c1ccc(Oc2ccc(CC3CCNCC3)nc2)c(Br)c1. The number of hydrogen-bond acceptors (Lipinski definition) is 6. The Labute approximate surface area is 217 Å². The van der Waals surface area contributed by atoms with Crippen LogP contribution in [0.3, 0.4) is 0 Å². The topological polar surface area (TPSA) is 80.7 Å². The molecule has 1 fully saturated rings. The minimum absolute atomic E-state index is 0.344. The predicted molar refractivity (Wildman–Crippen MR) is 144 cm³/mol. The Balaban J connectivity index is 0.000000410. The van der Waals surface area contributed by atoms with Crippen molar-refractivity contribution in [1.82, 2.24) is 10.3 Å². The van der Waals surface area contributed by atoms with Gasteiger partial charge in [0.1, 0.15) is 11.5 Å². The summed E-state index contributed by atoms with van der Waals surface area (Å²) in [5.41, 5.74) is 1.71. The number of carbonyl (C=O) groups is 1.